The van der Waals surface area contributed by atoms with E-state index >= 15 is 0 Å². The standard InChI is InChI=1S/C26H21ClN2O4/c1-2-15-33-21-9-5-19(6-10-21)24(30)22-23(18-3-7-20(27)8-4-18)29(26(32)25(22)31)16-17-11-13-28-14-12-17/h2-14,23,30H,1,15-16H2. The minimum absolute atomic E-state index is 0.0242. The summed E-state index contributed by atoms with van der Waals surface area (Å²) < 4.78 is 5.48. The minimum Gasteiger partial charge on any atom is -0.507 e. The first kappa shape index (κ1) is 22.3. The van der Waals surface area contributed by atoms with E-state index in [1.807, 2.05) is 0 Å². The molecule has 6 nitrogen and oxygen atoms in total. The number of benzene rings is 2. The van der Waals surface area contributed by atoms with Crippen LogP contribution in [0.2, 0.25) is 5.02 Å². The number of carbonyl (C=O) groups excluding carboxylic acids is 2. The van der Waals surface area contributed by atoms with Crippen molar-refractivity contribution in [1.82, 2.24) is 9.88 Å². The van der Waals surface area contributed by atoms with Gasteiger partial charge in [-0.05, 0) is 59.7 Å². The molecular formula is C26H21ClN2O4. The Morgan fingerprint density at radius 1 is 1.06 bits per heavy atom. The second-order valence-electron chi connectivity index (χ2n) is 7.46. The van der Waals surface area contributed by atoms with E-state index in [0.717, 1.165) is 5.56 Å². The van der Waals surface area contributed by atoms with Gasteiger partial charge in [-0.15, -0.1) is 0 Å². The number of Topliss-reactive ketones (excluding diaryl/α,β-unsaturated/α-hetero) is 1. The minimum atomic E-state index is -0.771. The lowest BCUT2D eigenvalue weighted by Crippen LogP contribution is -2.29. The second kappa shape index (κ2) is 9.71. The van der Waals surface area contributed by atoms with Crippen molar-refractivity contribution in [2.75, 3.05) is 6.61 Å². The molecule has 2 aromatic carbocycles. The normalized spacial score (nSPS) is 17.2. The van der Waals surface area contributed by atoms with Gasteiger partial charge in [0.05, 0.1) is 11.6 Å². The Morgan fingerprint density at radius 2 is 1.73 bits per heavy atom. The van der Waals surface area contributed by atoms with Crippen LogP contribution in [0.25, 0.3) is 5.76 Å². The number of aliphatic hydroxyl groups is 1. The van der Waals surface area contributed by atoms with Crippen molar-refractivity contribution < 1.29 is 19.4 Å². The van der Waals surface area contributed by atoms with Crippen LogP contribution in [0.3, 0.4) is 0 Å². The molecule has 3 aromatic rings. The van der Waals surface area contributed by atoms with Gasteiger partial charge in [0.15, 0.2) is 0 Å². The Hall–Kier alpha value is -3.90. The molecule has 1 unspecified atom stereocenters. The lowest BCUT2D eigenvalue weighted by molar-refractivity contribution is -0.140. The van der Waals surface area contributed by atoms with Crippen molar-refractivity contribution in [3.8, 4) is 5.75 Å². The average molecular weight is 461 g/mol. The molecule has 33 heavy (non-hydrogen) atoms. The molecule has 166 valence electrons. The zero-order valence-electron chi connectivity index (χ0n) is 17.6. The number of ketones is 1. The topological polar surface area (TPSA) is 79.7 Å². The van der Waals surface area contributed by atoms with Crippen molar-refractivity contribution in [3.63, 3.8) is 0 Å². The second-order valence-corrected chi connectivity index (χ2v) is 7.89. The van der Waals surface area contributed by atoms with E-state index in [1.54, 1.807) is 79.1 Å². The summed E-state index contributed by atoms with van der Waals surface area (Å²) in [7, 11) is 0. The predicted octanol–water partition coefficient (Wildman–Crippen LogP) is 4.92. The third kappa shape index (κ3) is 4.66. The first-order chi connectivity index (χ1) is 16.0. The van der Waals surface area contributed by atoms with Crippen LogP contribution in [0, 0.1) is 0 Å². The smallest absolute Gasteiger partial charge is 0.295 e. The number of hydrogen-bond donors (Lipinski definition) is 1. The van der Waals surface area contributed by atoms with E-state index in [9.17, 15) is 14.7 Å². The van der Waals surface area contributed by atoms with Crippen LogP contribution in [0.5, 0.6) is 5.75 Å². The highest BCUT2D eigenvalue weighted by Crippen LogP contribution is 2.40. The van der Waals surface area contributed by atoms with E-state index in [4.69, 9.17) is 16.3 Å². The van der Waals surface area contributed by atoms with Crippen LogP contribution >= 0.6 is 11.6 Å². The quantitative estimate of drug-likeness (QED) is 0.234. The van der Waals surface area contributed by atoms with Crippen molar-refractivity contribution >= 4 is 29.1 Å². The SMILES string of the molecule is C=CCOc1ccc(C(O)=C2C(=O)C(=O)N(Cc3ccncc3)C2c2ccc(Cl)cc2)cc1. The van der Waals surface area contributed by atoms with Gasteiger partial charge in [0.25, 0.3) is 11.7 Å². The highest BCUT2D eigenvalue weighted by molar-refractivity contribution is 6.46. The summed E-state index contributed by atoms with van der Waals surface area (Å²) in [5.74, 6) is -1.08. The van der Waals surface area contributed by atoms with Gasteiger partial charge in [-0.25, -0.2) is 0 Å². The number of amides is 1. The van der Waals surface area contributed by atoms with E-state index in [2.05, 4.69) is 11.6 Å². The Morgan fingerprint density at radius 3 is 2.36 bits per heavy atom. The predicted molar refractivity (Wildman–Crippen MR) is 126 cm³/mol. The van der Waals surface area contributed by atoms with Crippen LogP contribution in [-0.2, 0) is 16.1 Å². The number of aromatic nitrogens is 1. The fourth-order valence-electron chi connectivity index (χ4n) is 3.74. The monoisotopic (exact) mass is 460 g/mol. The van der Waals surface area contributed by atoms with E-state index in [0.29, 0.717) is 28.5 Å². The summed E-state index contributed by atoms with van der Waals surface area (Å²) >= 11 is 6.05. The number of rotatable bonds is 7. The van der Waals surface area contributed by atoms with E-state index < -0.39 is 17.7 Å². The van der Waals surface area contributed by atoms with Crippen molar-refractivity contribution in [2.45, 2.75) is 12.6 Å². The molecule has 1 amide bonds. The maximum atomic E-state index is 13.1. The number of hydrogen-bond acceptors (Lipinski definition) is 5. The largest absolute Gasteiger partial charge is 0.507 e. The molecule has 0 radical (unpaired) electrons. The van der Waals surface area contributed by atoms with Gasteiger partial charge in [-0.2, -0.15) is 0 Å². The van der Waals surface area contributed by atoms with Gasteiger partial charge < -0.3 is 14.7 Å². The van der Waals surface area contributed by atoms with Crippen LogP contribution in [-0.4, -0.2) is 33.3 Å². The molecule has 1 aromatic heterocycles. The van der Waals surface area contributed by atoms with Gasteiger partial charge in [0.2, 0.25) is 0 Å². The number of halogens is 1. The number of nitrogens with zero attached hydrogens (tertiary/aromatic N) is 2. The lowest BCUT2D eigenvalue weighted by Gasteiger charge is -2.25. The van der Waals surface area contributed by atoms with Gasteiger partial charge in [-0.1, -0.05) is 36.4 Å². The molecule has 0 spiro atoms. The van der Waals surface area contributed by atoms with Crippen LogP contribution in [0.15, 0.2) is 91.3 Å². The van der Waals surface area contributed by atoms with Gasteiger partial charge >= 0.3 is 0 Å². The summed E-state index contributed by atoms with van der Waals surface area (Å²) in [6.07, 6.45) is 4.88. The Labute approximate surface area is 196 Å². The maximum Gasteiger partial charge on any atom is 0.295 e. The fraction of sp³-hybridized carbons (Fsp3) is 0.115. The molecule has 1 atom stereocenters. The molecule has 1 N–H and O–H groups in total. The first-order valence-corrected chi connectivity index (χ1v) is 10.6. The molecule has 1 saturated heterocycles. The van der Waals surface area contributed by atoms with E-state index in [1.165, 1.54) is 4.90 Å². The average Bonchev–Trinajstić information content (AvgIpc) is 3.08. The molecule has 2 heterocycles. The van der Waals surface area contributed by atoms with Crippen molar-refractivity contribution in [2.24, 2.45) is 0 Å². The highest BCUT2D eigenvalue weighted by Gasteiger charge is 2.46. The van der Waals surface area contributed by atoms with E-state index in [-0.39, 0.29) is 17.9 Å². The zero-order chi connectivity index (χ0) is 23.4. The zero-order valence-corrected chi connectivity index (χ0v) is 18.4. The molecule has 4 rings (SSSR count). The number of likely N-dealkylation sites (tertiary alicyclic amines) is 1. The first-order valence-electron chi connectivity index (χ1n) is 10.3. The summed E-state index contributed by atoms with van der Waals surface area (Å²) in [4.78, 5) is 31.6. The molecule has 0 bridgehead atoms. The molecule has 1 fully saturated rings. The maximum absolute atomic E-state index is 13.1. The van der Waals surface area contributed by atoms with Crippen molar-refractivity contribution in [3.05, 3.63) is 113 Å². The Balaban J connectivity index is 1.78. The van der Waals surface area contributed by atoms with Gasteiger partial charge in [0.1, 0.15) is 18.1 Å². The molecule has 0 saturated carbocycles. The van der Waals surface area contributed by atoms with Crippen LogP contribution in [0.4, 0.5) is 0 Å². The molecular weight excluding hydrogens is 440 g/mol. The molecule has 1 aliphatic heterocycles. The molecule has 1 aliphatic rings. The summed E-state index contributed by atoms with van der Waals surface area (Å²) in [5.41, 5.74) is 1.91. The fourth-order valence-corrected chi connectivity index (χ4v) is 3.87. The Kier molecular flexibility index (Phi) is 6.56. The lowest BCUT2D eigenvalue weighted by atomic mass is 9.95. The number of aliphatic hydroxyl groups excluding tert-OH is 1. The highest BCUT2D eigenvalue weighted by atomic mass is 35.5. The van der Waals surface area contributed by atoms with Crippen LogP contribution in [0.1, 0.15) is 22.7 Å². The summed E-state index contributed by atoms with van der Waals surface area (Å²) in [6.45, 7) is 4.15. The number of carbonyl (C=O) groups is 2. The molecule has 0 aliphatic carbocycles. The summed E-state index contributed by atoms with van der Waals surface area (Å²) in [6, 6.07) is 16.3. The summed E-state index contributed by atoms with van der Waals surface area (Å²) in [5, 5.41) is 11.7. The third-order valence-corrected chi connectivity index (χ3v) is 5.58. The number of ether oxygens (including phenoxy) is 1. The van der Waals surface area contributed by atoms with Gasteiger partial charge in [-0.3, -0.25) is 14.6 Å². The van der Waals surface area contributed by atoms with Gasteiger partial charge in [0, 0.05) is 29.5 Å². The Bertz CT molecular complexity index is 1210. The van der Waals surface area contributed by atoms with Crippen LogP contribution < -0.4 is 4.74 Å². The van der Waals surface area contributed by atoms with Crippen molar-refractivity contribution in [1.29, 1.82) is 0 Å². The third-order valence-electron chi connectivity index (χ3n) is 5.32. The molecule has 7 heteroatoms. The number of pyridine rings is 1.